The molecule has 1 aliphatic rings. The van der Waals surface area contributed by atoms with Crippen LogP contribution in [0.4, 0.5) is 10.2 Å². The lowest BCUT2D eigenvalue weighted by Gasteiger charge is -2.31. The summed E-state index contributed by atoms with van der Waals surface area (Å²) < 4.78 is 22.4. The molecule has 0 saturated carbocycles. The van der Waals surface area contributed by atoms with Gasteiger partial charge in [0.2, 0.25) is 0 Å². The number of phenols is 1. The fourth-order valence-corrected chi connectivity index (χ4v) is 5.10. The maximum absolute atomic E-state index is 14.4. The third kappa shape index (κ3) is 4.07. The molecule has 2 atom stereocenters. The van der Waals surface area contributed by atoms with Gasteiger partial charge in [0.1, 0.15) is 53.2 Å². The Morgan fingerprint density at radius 3 is 2.69 bits per heavy atom. The number of carbonyl (C=O) groups is 1. The summed E-state index contributed by atoms with van der Waals surface area (Å²) >= 11 is 6.03. The van der Waals surface area contributed by atoms with E-state index in [4.69, 9.17) is 27.2 Å². The zero-order valence-electron chi connectivity index (χ0n) is 20.5. The number of aldehydes is 1. The molecule has 194 valence electrons. The van der Waals surface area contributed by atoms with Gasteiger partial charge in [0, 0.05) is 16.7 Å². The maximum atomic E-state index is 14.4. The number of fused-ring (bicyclic) bond motifs is 2. The molecular formula is C29H21ClFN5O3. The summed E-state index contributed by atoms with van der Waals surface area (Å²) in [7, 11) is 0. The van der Waals surface area contributed by atoms with Crippen LogP contribution in [0.15, 0.2) is 78.8 Å². The van der Waals surface area contributed by atoms with Gasteiger partial charge in [0.25, 0.3) is 0 Å². The van der Waals surface area contributed by atoms with E-state index in [-0.39, 0.29) is 16.6 Å². The van der Waals surface area contributed by atoms with Crippen LogP contribution in [0.2, 0.25) is 5.02 Å². The second-order valence-corrected chi connectivity index (χ2v) is 9.54. The fourth-order valence-electron chi connectivity index (χ4n) is 4.98. The Morgan fingerprint density at radius 1 is 1.10 bits per heavy atom. The van der Waals surface area contributed by atoms with E-state index < -0.39 is 17.8 Å². The van der Waals surface area contributed by atoms with Gasteiger partial charge in [-0.25, -0.2) is 19.0 Å². The largest absolute Gasteiger partial charge is 0.506 e. The number of nitrogen functional groups attached to an aromatic ring is 1. The molecule has 6 rings (SSSR count). The number of allylic oxidation sites excluding steroid dienone is 2. The van der Waals surface area contributed by atoms with Gasteiger partial charge in [0.05, 0.1) is 16.3 Å². The minimum Gasteiger partial charge on any atom is -0.506 e. The van der Waals surface area contributed by atoms with Crippen LogP contribution in [0.5, 0.6) is 11.5 Å². The van der Waals surface area contributed by atoms with E-state index in [1.165, 1.54) is 24.5 Å². The second-order valence-electron chi connectivity index (χ2n) is 9.13. The number of halogens is 2. The van der Waals surface area contributed by atoms with Gasteiger partial charge in [-0.3, -0.25) is 0 Å². The first kappa shape index (κ1) is 24.6. The molecule has 0 saturated heterocycles. The van der Waals surface area contributed by atoms with Crippen LogP contribution in [-0.2, 0) is 4.79 Å². The molecule has 0 amide bonds. The summed E-state index contributed by atoms with van der Waals surface area (Å²) in [6.07, 6.45) is 2.16. The van der Waals surface area contributed by atoms with Crippen LogP contribution < -0.4 is 10.5 Å². The molecular weight excluding hydrogens is 521 g/mol. The first-order valence-corrected chi connectivity index (χ1v) is 12.4. The van der Waals surface area contributed by atoms with Gasteiger partial charge < -0.3 is 20.4 Å². The molecule has 5 aromatic rings. The summed E-state index contributed by atoms with van der Waals surface area (Å²) in [4.78, 5) is 21.1. The van der Waals surface area contributed by atoms with Crippen molar-refractivity contribution in [3.63, 3.8) is 0 Å². The van der Waals surface area contributed by atoms with E-state index in [2.05, 4.69) is 9.97 Å². The van der Waals surface area contributed by atoms with Crippen LogP contribution in [-0.4, -0.2) is 31.1 Å². The number of nitrogens with zero attached hydrogens (tertiary/aromatic N) is 4. The van der Waals surface area contributed by atoms with Gasteiger partial charge in [-0.2, -0.15) is 5.10 Å². The highest BCUT2D eigenvalue weighted by Gasteiger charge is 2.35. The Labute approximate surface area is 227 Å². The Bertz CT molecular complexity index is 1800. The molecule has 39 heavy (non-hydrogen) atoms. The molecule has 8 nitrogen and oxygen atoms in total. The van der Waals surface area contributed by atoms with E-state index in [1.54, 1.807) is 35.0 Å². The zero-order valence-corrected chi connectivity index (χ0v) is 21.3. The molecule has 3 aromatic carbocycles. The molecule has 0 aliphatic carbocycles. The molecule has 3 heterocycles. The average Bonchev–Trinajstić information content (AvgIpc) is 3.34. The van der Waals surface area contributed by atoms with Crippen molar-refractivity contribution in [2.24, 2.45) is 0 Å². The number of ether oxygens (including phenoxy) is 1. The van der Waals surface area contributed by atoms with E-state index in [9.17, 15) is 14.3 Å². The third-order valence-electron chi connectivity index (χ3n) is 6.81. The van der Waals surface area contributed by atoms with Gasteiger partial charge in [-0.1, -0.05) is 48.0 Å². The summed E-state index contributed by atoms with van der Waals surface area (Å²) in [5.74, 6) is -0.136. The number of rotatable bonds is 5. The number of anilines is 1. The maximum Gasteiger partial charge on any atom is 0.164 e. The van der Waals surface area contributed by atoms with E-state index in [0.717, 1.165) is 6.29 Å². The number of phenolic OH excluding ortho intramolecular Hbond substituents is 1. The van der Waals surface area contributed by atoms with Crippen LogP contribution >= 0.6 is 11.6 Å². The second kappa shape index (κ2) is 9.52. The molecule has 1 aliphatic heterocycles. The normalized spacial score (nSPS) is 15.6. The van der Waals surface area contributed by atoms with Gasteiger partial charge in [0.15, 0.2) is 5.65 Å². The standard InChI is InChI=1S/C29H21ClFN5O3/c1-15(36-29-25(28(32)33-14-34-29)26(35-36)17-9-10-21(30)22(38)12-17)27-24(16-5-4-6-18(31)11-16)20(13-37)19-7-2-3-8-23(19)39-27/h2-15,20,38H,1H3,(H2,32,33,34). The number of hydrogen-bond donors (Lipinski definition) is 2. The van der Waals surface area contributed by atoms with Crippen molar-refractivity contribution in [2.45, 2.75) is 18.9 Å². The highest BCUT2D eigenvalue weighted by Crippen LogP contribution is 2.46. The monoisotopic (exact) mass is 541 g/mol. The molecule has 0 spiro atoms. The molecule has 0 radical (unpaired) electrons. The van der Waals surface area contributed by atoms with Crippen molar-refractivity contribution >= 4 is 40.3 Å². The van der Waals surface area contributed by atoms with Crippen molar-refractivity contribution < 1.29 is 19.0 Å². The number of benzene rings is 3. The number of carbonyl (C=O) groups excluding carboxylic acids is 1. The van der Waals surface area contributed by atoms with E-state index >= 15 is 0 Å². The van der Waals surface area contributed by atoms with Gasteiger partial charge in [-0.05, 0) is 42.8 Å². The van der Waals surface area contributed by atoms with Crippen molar-refractivity contribution in [1.29, 1.82) is 0 Å². The molecule has 0 bridgehead atoms. The van der Waals surface area contributed by atoms with Crippen LogP contribution in [0, 0.1) is 5.82 Å². The minimum atomic E-state index is -0.705. The van der Waals surface area contributed by atoms with E-state index in [0.29, 0.717) is 50.5 Å². The molecule has 3 N–H and O–H groups in total. The van der Waals surface area contributed by atoms with Crippen molar-refractivity contribution in [3.05, 3.63) is 101 Å². The topological polar surface area (TPSA) is 116 Å². The lowest BCUT2D eigenvalue weighted by molar-refractivity contribution is -0.108. The number of hydrogen-bond acceptors (Lipinski definition) is 7. The number of aromatic nitrogens is 4. The van der Waals surface area contributed by atoms with Crippen LogP contribution in [0.1, 0.15) is 30.0 Å². The quantitative estimate of drug-likeness (QED) is 0.265. The summed E-state index contributed by atoms with van der Waals surface area (Å²) in [6.45, 7) is 1.85. The average molecular weight is 542 g/mol. The Balaban J connectivity index is 1.60. The van der Waals surface area contributed by atoms with Crippen LogP contribution in [0.25, 0.3) is 27.9 Å². The summed E-state index contributed by atoms with van der Waals surface area (Å²) in [5.41, 5.74) is 9.37. The Hall–Kier alpha value is -4.76. The molecule has 0 fully saturated rings. The minimum absolute atomic E-state index is 0.113. The van der Waals surface area contributed by atoms with Crippen LogP contribution in [0.3, 0.4) is 0 Å². The highest BCUT2D eigenvalue weighted by atomic mass is 35.5. The first-order chi connectivity index (χ1) is 18.9. The summed E-state index contributed by atoms with van der Waals surface area (Å²) in [5, 5.41) is 15.7. The predicted molar refractivity (Wildman–Crippen MR) is 146 cm³/mol. The Morgan fingerprint density at radius 2 is 1.92 bits per heavy atom. The number of para-hydroxylation sites is 1. The SMILES string of the molecule is CC(C1=C(c2cccc(F)c2)C(C=O)c2ccccc2O1)n1nc(-c2ccc(Cl)c(O)c2)c2c(N)ncnc21. The lowest BCUT2D eigenvalue weighted by atomic mass is 9.83. The molecule has 2 aromatic heterocycles. The third-order valence-corrected chi connectivity index (χ3v) is 7.13. The van der Waals surface area contributed by atoms with Crippen molar-refractivity contribution in [3.8, 4) is 22.8 Å². The Kier molecular flexibility index (Phi) is 6.00. The zero-order chi connectivity index (χ0) is 27.3. The molecule has 2 unspecified atom stereocenters. The van der Waals surface area contributed by atoms with Crippen molar-refractivity contribution in [1.82, 2.24) is 19.7 Å². The van der Waals surface area contributed by atoms with Gasteiger partial charge in [-0.15, -0.1) is 0 Å². The van der Waals surface area contributed by atoms with E-state index in [1.807, 2.05) is 25.1 Å². The first-order valence-electron chi connectivity index (χ1n) is 12.1. The smallest absolute Gasteiger partial charge is 0.164 e. The summed E-state index contributed by atoms with van der Waals surface area (Å²) in [6, 6.07) is 17.4. The number of nitrogens with two attached hydrogens (primary N) is 1. The number of aromatic hydroxyl groups is 1. The highest BCUT2D eigenvalue weighted by molar-refractivity contribution is 6.32. The molecule has 10 heteroatoms. The lowest BCUT2D eigenvalue weighted by Crippen LogP contribution is -2.23. The van der Waals surface area contributed by atoms with Gasteiger partial charge >= 0.3 is 0 Å². The fraction of sp³-hybridized carbons (Fsp3) is 0.103. The predicted octanol–water partition coefficient (Wildman–Crippen LogP) is 5.92. The van der Waals surface area contributed by atoms with Crippen molar-refractivity contribution in [2.75, 3.05) is 5.73 Å².